The highest BCUT2D eigenvalue weighted by atomic mass is 16.2. The Morgan fingerprint density at radius 3 is 2.87 bits per heavy atom. The molecule has 1 atom stereocenters. The molecule has 0 saturated carbocycles. The van der Waals surface area contributed by atoms with Crippen LogP contribution in [0.15, 0.2) is 24.3 Å². The number of hydrogen-bond donors (Lipinski definition) is 2. The maximum absolute atomic E-state index is 11.5. The molecule has 0 radical (unpaired) electrons. The van der Waals surface area contributed by atoms with E-state index in [1.807, 2.05) is 13.0 Å². The van der Waals surface area contributed by atoms with Crippen molar-refractivity contribution in [2.45, 2.75) is 19.4 Å². The Balaban J connectivity index is 2.81. The third kappa shape index (κ3) is 2.79. The van der Waals surface area contributed by atoms with Gasteiger partial charge in [-0.1, -0.05) is 19.1 Å². The van der Waals surface area contributed by atoms with E-state index in [9.17, 15) is 4.79 Å². The number of para-hydroxylation sites is 1. The minimum atomic E-state index is -0.531. The Hall–Kier alpha value is -1.86. The van der Waals surface area contributed by atoms with Crippen LogP contribution in [-0.2, 0) is 4.79 Å². The van der Waals surface area contributed by atoms with E-state index in [0.29, 0.717) is 17.7 Å². The van der Waals surface area contributed by atoms with Crippen LogP contribution in [-0.4, -0.2) is 11.9 Å². The first kappa shape index (κ1) is 11.2. The van der Waals surface area contributed by atoms with Gasteiger partial charge in [0.15, 0.2) is 0 Å². The summed E-state index contributed by atoms with van der Waals surface area (Å²) in [6.07, 6.45) is 0.570. The van der Waals surface area contributed by atoms with Gasteiger partial charge in [-0.05, 0) is 18.6 Å². The Morgan fingerprint density at radius 1 is 1.60 bits per heavy atom. The Bertz CT molecular complexity index is 395. The predicted octanol–water partition coefficient (Wildman–Crippen LogP) is 1.23. The monoisotopic (exact) mass is 203 g/mol. The molecule has 0 aliphatic rings. The molecule has 3 N–H and O–H groups in total. The fourth-order valence-electron chi connectivity index (χ4n) is 1.10. The number of carbonyl (C=O) groups is 1. The zero-order valence-corrected chi connectivity index (χ0v) is 8.53. The standard InChI is InChI=1S/C11H13N3O/c1-2-9(13)11(15)14-10-6-4-3-5-8(10)7-12/h3-6,9H,2,13H2,1H3,(H,14,15)/t9-/m1/s1. The van der Waals surface area contributed by atoms with E-state index in [1.54, 1.807) is 24.3 Å². The van der Waals surface area contributed by atoms with Gasteiger partial charge in [-0.25, -0.2) is 0 Å². The Kier molecular flexibility index (Phi) is 3.83. The summed E-state index contributed by atoms with van der Waals surface area (Å²) in [5.74, 6) is -0.264. The third-order valence-corrected chi connectivity index (χ3v) is 2.08. The lowest BCUT2D eigenvalue weighted by Crippen LogP contribution is -2.35. The second kappa shape index (κ2) is 5.13. The lowest BCUT2D eigenvalue weighted by atomic mass is 10.1. The van der Waals surface area contributed by atoms with E-state index in [2.05, 4.69) is 5.32 Å². The van der Waals surface area contributed by atoms with Crippen LogP contribution in [0.2, 0.25) is 0 Å². The molecule has 0 aromatic heterocycles. The summed E-state index contributed by atoms with van der Waals surface area (Å²) in [5.41, 5.74) is 6.51. The molecule has 0 spiro atoms. The molecule has 1 aromatic carbocycles. The molecular weight excluding hydrogens is 190 g/mol. The van der Waals surface area contributed by atoms with Gasteiger partial charge in [0.25, 0.3) is 0 Å². The van der Waals surface area contributed by atoms with Gasteiger partial charge in [-0.3, -0.25) is 4.79 Å². The average Bonchev–Trinajstić information content (AvgIpc) is 2.28. The highest BCUT2D eigenvalue weighted by molar-refractivity contribution is 5.95. The second-order valence-electron chi connectivity index (χ2n) is 3.16. The van der Waals surface area contributed by atoms with Crippen molar-refractivity contribution in [3.8, 4) is 6.07 Å². The van der Waals surface area contributed by atoms with Gasteiger partial charge >= 0.3 is 0 Å². The normalized spacial score (nSPS) is 11.5. The first-order chi connectivity index (χ1) is 7.19. The number of anilines is 1. The smallest absolute Gasteiger partial charge is 0.241 e. The van der Waals surface area contributed by atoms with Crippen molar-refractivity contribution in [1.82, 2.24) is 0 Å². The van der Waals surface area contributed by atoms with Gasteiger partial charge in [0.2, 0.25) is 5.91 Å². The first-order valence-electron chi connectivity index (χ1n) is 4.74. The lowest BCUT2D eigenvalue weighted by molar-refractivity contribution is -0.117. The van der Waals surface area contributed by atoms with Crippen molar-refractivity contribution in [2.75, 3.05) is 5.32 Å². The van der Waals surface area contributed by atoms with Crippen molar-refractivity contribution >= 4 is 11.6 Å². The van der Waals surface area contributed by atoms with E-state index in [1.165, 1.54) is 0 Å². The van der Waals surface area contributed by atoms with E-state index in [0.717, 1.165) is 0 Å². The van der Waals surface area contributed by atoms with E-state index < -0.39 is 6.04 Å². The minimum Gasteiger partial charge on any atom is -0.324 e. The summed E-state index contributed by atoms with van der Waals surface area (Å²) < 4.78 is 0. The molecule has 78 valence electrons. The summed E-state index contributed by atoms with van der Waals surface area (Å²) in [6.45, 7) is 1.83. The van der Waals surface area contributed by atoms with Gasteiger partial charge in [0.1, 0.15) is 6.07 Å². The molecule has 15 heavy (non-hydrogen) atoms. The highest BCUT2D eigenvalue weighted by Crippen LogP contribution is 2.13. The van der Waals surface area contributed by atoms with Crippen LogP contribution in [0.1, 0.15) is 18.9 Å². The third-order valence-electron chi connectivity index (χ3n) is 2.08. The number of carbonyl (C=O) groups excluding carboxylic acids is 1. The minimum absolute atomic E-state index is 0.264. The maximum atomic E-state index is 11.5. The molecule has 0 aliphatic carbocycles. The number of nitrogens with one attached hydrogen (secondary N) is 1. The number of rotatable bonds is 3. The molecule has 1 aromatic rings. The van der Waals surface area contributed by atoms with Crippen molar-refractivity contribution in [2.24, 2.45) is 5.73 Å². The van der Waals surface area contributed by atoms with Gasteiger partial charge in [0.05, 0.1) is 17.3 Å². The van der Waals surface area contributed by atoms with Gasteiger partial charge < -0.3 is 11.1 Å². The average molecular weight is 203 g/mol. The van der Waals surface area contributed by atoms with Crippen LogP contribution >= 0.6 is 0 Å². The van der Waals surface area contributed by atoms with Crippen LogP contribution in [0.3, 0.4) is 0 Å². The Labute approximate surface area is 88.7 Å². The molecule has 0 saturated heterocycles. The van der Waals surface area contributed by atoms with Crippen molar-refractivity contribution < 1.29 is 4.79 Å². The first-order valence-corrected chi connectivity index (χ1v) is 4.74. The highest BCUT2D eigenvalue weighted by Gasteiger charge is 2.12. The van der Waals surface area contributed by atoms with Crippen molar-refractivity contribution in [3.63, 3.8) is 0 Å². The fraction of sp³-hybridized carbons (Fsp3) is 0.273. The molecule has 0 aliphatic heterocycles. The number of hydrogen-bond acceptors (Lipinski definition) is 3. The molecule has 0 unspecified atom stereocenters. The molecule has 0 heterocycles. The maximum Gasteiger partial charge on any atom is 0.241 e. The van der Waals surface area contributed by atoms with E-state index in [4.69, 9.17) is 11.0 Å². The molecular formula is C11H13N3O. The summed E-state index contributed by atoms with van der Waals surface area (Å²) in [7, 11) is 0. The molecule has 1 rings (SSSR count). The van der Waals surface area contributed by atoms with Gasteiger partial charge in [-0.15, -0.1) is 0 Å². The fourth-order valence-corrected chi connectivity index (χ4v) is 1.10. The summed E-state index contributed by atoms with van der Waals surface area (Å²) >= 11 is 0. The van der Waals surface area contributed by atoms with Gasteiger partial charge in [-0.2, -0.15) is 5.26 Å². The molecule has 1 amide bonds. The van der Waals surface area contributed by atoms with Crippen molar-refractivity contribution in [3.05, 3.63) is 29.8 Å². The SMILES string of the molecule is CC[C@@H](N)C(=O)Nc1ccccc1C#N. The zero-order chi connectivity index (χ0) is 11.3. The quantitative estimate of drug-likeness (QED) is 0.775. The largest absolute Gasteiger partial charge is 0.324 e. The van der Waals surface area contributed by atoms with Crippen LogP contribution < -0.4 is 11.1 Å². The number of nitrogens with two attached hydrogens (primary N) is 1. The molecule has 0 bridgehead atoms. The van der Waals surface area contributed by atoms with Gasteiger partial charge in [0, 0.05) is 0 Å². The van der Waals surface area contributed by atoms with Crippen LogP contribution in [0.4, 0.5) is 5.69 Å². The topological polar surface area (TPSA) is 78.9 Å². The number of amides is 1. The lowest BCUT2D eigenvalue weighted by Gasteiger charge is -2.10. The molecule has 4 heteroatoms. The Morgan fingerprint density at radius 2 is 2.27 bits per heavy atom. The van der Waals surface area contributed by atoms with E-state index in [-0.39, 0.29) is 5.91 Å². The second-order valence-corrected chi connectivity index (χ2v) is 3.16. The van der Waals surface area contributed by atoms with Crippen LogP contribution in [0.25, 0.3) is 0 Å². The zero-order valence-electron chi connectivity index (χ0n) is 8.53. The summed E-state index contributed by atoms with van der Waals surface area (Å²) in [4.78, 5) is 11.5. The van der Waals surface area contributed by atoms with Crippen LogP contribution in [0, 0.1) is 11.3 Å². The predicted molar refractivity (Wildman–Crippen MR) is 58.1 cm³/mol. The molecule has 4 nitrogen and oxygen atoms in total. The number of nitriles is 1. The summed E-state index contributed by atoms with van der Waals surface area (Å²) in [6, 6.07) is 8.30. The van der Waals surface area contributed by atoms with Crippen molar-refractivity contribution in [1.29, 1.82) is 5.26 Å². The summed E-state index contributed by atoms with van der Waals surface area (Å²) in [5, 5.41) is 11.4. The molecule has 0 fully saturated rings. The van der Waals surface area contributed by atoms with Crippen LogP contribution in [0.5, 0.6) is 0 Å². The number of benzene rings is 1. The van der Waals surface area contributed by atoms with E-state index >= 15 is 0 Å². The number of nitrogens with zero attached hydrogens (tertiary/aromatic N) is 1.